The zero-order valence-electron chi connectivity index (χ0n) is 6.65. The standard InChI is InChI=1S/C5H9BN2O4/c1-8-2-4(9)11-6(7)12-5(10)3-8/h2-3,7H2,1H3. The fraction of sp³-hybridized carbons (Fsp3) is 0.600. The van der Waals surface area contributed by atoms with Gasteiger partial charge in [-0.1, -0.05) is 0 Å². The van der Waals surface area contributed by atoms with E-state index < -0.39 is 19.2 Å². The zero-order chi connectivity index (χ0) is 9.14. The molecule has 7 heteroatoms. The number of carbonyl (C=O) groups excluding carboxylic acids is 2. The molecular weight excluding hydrogens is 163 g/mol. The van der Waals surface area contributed by atoms with Gasteiger partial charge in [-0.05, 0) is 7.05 Å². The van der Waals surface area contributed by atoms with Crippen LogP contribution in [0.4, 0.5) is 0 Å². The van der Waals surface area contributed by atoms with Gasteiger partial charge < -0.3 is 9.31 Å². The van der Waals surface area contributed by atoms with E-state index in [1.54, 1.807) is 7.05 Å². The quantitative estimate of drug-likeness (QED) is 0.424. The molecule has 2 N–H and O–H groups in total. The van der Waals surface area contributed by atoms with E-state index in [1.807, 2.05) is 0 Å². The molecule has 6 nitrogen and oxygen atoms in total. The van der Waals surface area contributed by atoms with Crippen molar-refractivity contribution >= 4 is 19.2 Å². The Morgan fingerprint density at radius 3 is 2.17 bits per heavy atom. The summed E-state index contributed by atoms with van der Waals surface area (Å²) in [4.78, 5) is 23.1. The summed E-state index contributed by atoms with van der Waals surface area (Å²) in [7, 11) is 0.345. The molecule has 0 saturated carbocycles. The largest absolute Gasteiger partial charge is 0.699 e. The van der Waals surface area contributed by atoms with E-state index in [0.717, 1.165) is 0 Å². The van der Waals surface area contributed by atoms with Crippen LogP contribution in [0.2, 0.25) is 0 Å². The summed E-state index contributed by atoms with van der Waals surface area (Å²) in [6, 6.07) is 0. The first-order chi connectivity index (χ1) is 5.58. The molecular formula is C5H9BN2O4. The average molecular weight is 172 g/mol. The maximum absolute atomic E-state index is 10.8. The summed E-state index contributed by atoms with van der Waals surface area (Å²) in [6.07, 6.45) is 0. The van der Waals surface area contributed by atoms with Crippen LogP contribution in [0.15, 0.2) is 0 Å². The van der Waals surface area contributed by atoms with Gasteiger partial charge in [0, 0.05) is 0 Å². The summed E-state index contributed by atoms with van der Waals surface area (Å²) in [5.41, 5.74) is 5.13. The SMILES string of the molecule is CN1CC(=O)OB(N)OC(=O)C1. The summed E-state index contributed by atoms with van der Waals surface area (Å²) in [5.74, 6) is -1.00. The molecule has 0 bridgehead atoms. The first-order valence-corrected chi connectivity index (χ1v) is 3.41. The van der Waals surface area contributed by atoms with E-state index in [9.17, 15) is 9.59 Å². The molecule has 66 valence electrons. The fourth-order valence-electron chi connectivity index (χ4n) is 0.854. The van der Waals surface area contributed by atoms with Crippen LogP contribution in [-0.2, 0) is 18.9 Å². The van der Waals surface area contributed by atoms with Crippen LogP contribution in [0.1, 0.15) is 0 Å². The number of carbonyl (C=O) groups is 2. The van der Waals surface area contributed by atoms with Gasteiger partial charge >= 0.3 is 19.2 Å². The number of hydrogen-bond acceptors (Lipinski definition) is 6. The molecule has 12 heavy (non-hydrogen) atoms. The summed E-state index contributed by atoms with van der Waals surface area (Å²) < 4.78 is 8.97. The highest BCUT2D eigenvalue weighted by Gasteiger charge is 2.27. The molecule has 0 aromatic heterocycles. The first kappa shape index (κ1) is 9.02. The van der Waals surface area contributed by atoms with Gasteiger partial charge in [0.15, 0.2) is 0 Å². The van der Waals surface area contributed by atoms with Gasteiger partial charge in [-0.3, -0.25) is 20.1 Å². The van der Waals surface area contributed by atoms with Crippen LogP contribution in [0.5, 0.6) is 0 Å². The van der Waals surface area contributed by atoms with Crippen LogP contribution in [0.3, 0.4) is 0 Å². The molecule has 0 radical (unpaired) electrons. The van der Waals surface area contributed by atoms with Crippen LogP contribution < -0.4 is 5.64 Å². The van der Waals surface area contributed by atoms with Gasteiger partial charge in [-0.25, -0.2) is 0 Å². The number of rotatable bonds is 0. The van der Waals surface area contributed by atoms with Crippen molar-refractivity contribution in [2.24, 2.45) is 5.64 Å². The molecule has 0 aromatic rings. The van der Waals surface area contributed by atoms with Crippen molar-refractivity contribution in [3.05, 3.63) is 0 Å². The van der Waals surface area contributed by atoms with Crippen LogP contribution >= 0.6 is 0 Å². The third-order valence-electron chi connectivity index (χ3n) is 1.29. The summed E-state index contributed by atoms with van der Waals surface area (Å²) >= 11 is 0. The maximum atomic E-state index is 10.8. The van der Waals surface area contributed by atoms with Crippen molar-refractivity contribution in [3.8, 4) is 0 Å². The predicted octanol–water partition coefficient (Wildman–Crippen LogP) is -2.04. The Hall–Kier alpha value is -1.08. The van der Waals surface area contributed by atoms with Crippen molar-refractivity contribution in [3.63, 3.8) is 0 Å². The lowest BCUT2D eigenvalue weighted by molar-refractivity contribution is -0.145. The number of nitrogens with two attached hydrogens (primary N) is 1. The highest BCUT2D eigenvalue weighted by Crippen LogP contribution is 1.95. The second-order valence-electron chi connectivity index (χ2n) is 2.52. The van der Waals surface area contributed by atoms with Gasteiger partial charge in [-0.15, -0.1) is 0 Å². The van der Waals surface area contributed by atoms with E-state index in [4.69, 9.17) is 5.64 Å². The highest BCUT2D eigenvalue weighted by molar-refractivity contribution is 6.45. The van der Waals surface area contributed by atoms with Crippen LogP contribution in [-0.4, -0.2) is 44.2 Å². The molecule has 1 aliphatic heterocycles. The van der Waals surface area contributed by atoms with Crippen molar-refractivity contribution in [2.45, 2.75) is 0 Å². The van der Waals surface area contributed by atoms with Gasteiger partial charge in [0.1, 0.15) is 0 Å². The van der Waals surface area contributed by atoms with Crippen molar-refractivity contribution in [2.75, 3.05) is 20.1 Å². The molecule has 0 spiro atoms. The van der Waals surface area contributed by atoms with E-state index in [1.165, 1.54) is 4.90 Å². The minimum atomic E-state index is -1.27. The molecule has 0 aliphatic carbocycles. The molecule has 0 amide bonds. The Morgan fingerprint density at radius 1 is 1.33 bits per heavy atom. The van der Waals surface area contributed by atoms with Crippen LogP contribution in [0, 0.1) is 0 Å². The first-order valence-electron chi connectivity index (χ1n) is 3.41. The molecule has 1 heterocycles. The summed E-state index contributed by atoms with van der Waals surface area (Å²) in [5, 5.41) is 0. The smallest absolute Gasteiger partial charge is 0.484 e. The molecule has 0 unspecified atom stereocenters. The Bertz CT molecular complexity index is 172. The highest BCUT2D eigenvalue weighted by atomic mass is 16.6. The lowest BCUT2D eigenvalue weighted by Gasteiger charge is -2.19. The molecule has 1 fully saturated rings. The number of likely N-dealkylation sites (N-methyl/N-ethyl adjacent to an activating group) is 1. The normalized spacial score (nSPS) is 21.0. The van der Waals surface area contributed by atoms with Gasteiger partial charge in [0.05, 0.1) is 13.1 Å². The minimum Gasteiger partial charge on any atom is -0.484 e. The molecule has 0 atom stereocenters. The third-order valence-corrected chi connectivity index (χ3v) is 1.29. The van der Waals surface area contributed by atoms with Gasteiger partial charge in [0.25, 0.3) is 0 Å². The van der Waals surface area contributed by atoms with E-state index in [2.05, 4.69) is 9.31 Å². The zero-order valence-corrected chi connectivity index (χ0v) is 6.65. The lowest BCUT2D eigenvalue weighted by Crippen LogP contribution is -2.46. The Balaban J connectivity index is 2.57. The molecule has 1 saturated heterocycles. The number of hydrogen-bond donors (Lipinski definition) is 1. The van der Waals surface area contributed by atoms with Crippen molar-refractivity contribution in [1.82, 2.24) is 4.90 Å². The fourth-order valence-corrected chi connectivity index (χ4v) is 0.854. The van der Waals surface area contributed by atoms with Crippen molar-refractivity contribution < 1.29 is 18.9 Å². The predicted molar refractivity (Wildman–Crippen MR) is 39.6 cm³/mol. The monoisotopic (exact) mass is 172 g/mol. The van der Waals surface area contributed by atoms with Gasteiger partial charge in [-0.2, -0.15) is 0 Å². The Kier molecular flexibility index (Phi) is 2.67. The second kappa shape index (κ2) is 3.55. The maximum Gasteiger partial charge on any atom is 0.699 e. The van der Waals surface area contributed by atoms with Gasteiger partial charge in [0.2, 0.25) is 0 Å². The Labute approximate surface area is 69.8 Å². The number of nitrogens with zero attached hydrogens (tertiary/aromatic N) is 1. The topological polar surface area (TPSA) is 81.9 Å². The lowest BCUT2D eigenvalue weighted by atomic mass is 10.1. The molecule has 1 rings (SSSR count). The van der Waals surface area contributed by atoms with Crippen molar-refractivity contribution in [1.29, 1.82) is 0 Å². The second-order valence-corrected chi connectivity index (χ2v) is 2.52. The van der Waals surface area contributed by atoms with Crippen LogP contribution in [0.25, 0.3) is 0 Å². The minimum absolute atomic E-state index is 0.0444. The Morgan fingerprint density at radius 2 is 1.75 bits per heavy atom. The average Bonchev–Trinajstić information content (AvgIpc) is 1.81. The third kappa shape index (κ3) is 2.52. The van der Waals surface area contributed by atoms with E-state index in [-0.39, 0.29) is 13.1 Å². The molecule has 0 aromatic carbocycles. The summed E-state index contributed by atoms with van der Waals surface area (Å²) in [6.45, 7) is 0.0889. The van der Waals surface area contributed by atoms with E-state index >= 15 is 0 Å². The molecule has 1 aliphatic rings. The van der Waals surface area contributed by atoms with E-state index in [0.29, 0.717) is 0 Å².